The molecule has 1 atom stereocenters. The maximum Gasteiger partial charge on any atom is 0.118 e. The van der Waals surface area contributed by atoms with Gasteiger partial charge in [-0.2, -0.15) is 0 Å². The lowest BCUT2D eigenvalue weighted by atomic mass is 10.1. The van der Waals surface area contributed by atoms with Crippen molar-refractivity contribution in [3.63, 3.8) is 0 Å². The number of rotatable bonds is 8. The first-order valence-electron chi connectivity index (χ1n) is 7.70. The maximum atomic E-state index is 5.18. The number of hydrogen-bond donors (Lipinski definition) is 1. The van der Waals surface area contributed by atoms with Crippen molar-refractivity contribution < 1.29 is 9.47 Å². The van der Waals surface area contributed by atoms with Crippen molar-refractivity contribution in [1.82, 2.24) is 5.32 Å². The molecule has 2 aromatic carbocycles. The van der Waals surface area contributed by atoms with E-state index in [9.17, 15) is 0 Å². The minimum absolute atomic E-state index is 0. The summed E-state index contributed by atoms with van der Waals surface area (Å²) in [5.41, 5.74) is 2.62. The van der Waals surface area contributed by atoms with Crippen molar-refractivity contribution in [2.45, 2.75) is 32.4 Å². The zero-order valence-corrected chi connectivity index (χ0v) is 14.9. The Morgan fingerprint density at radius 1 is 0.826 bits per heavy atom. The summed E-state index contributed by atoms with van der Waals surface area (Å²) in [4.78, 5) is 0. The van der Waals surface area contributed by atoms with Gasteiger partial charge in [-0.15, -0.1) is 12.4 Å². The molecule has 0 spiro atoms. The predicted octanol–water partition coefficient (Wildman–Crippen LogP) is 4.24. The van der Waals surface area contributed by atoms with E-state index in [1.165, 1.54) is 11.1 Å². The van der Waals surface area contributed by atoms with E-state index < -0.39 is 0 Å². The zero-order chi connectivity index (χ0) is 15.8. The zero-order valence-electron chi connectivity index (χ0n) is 14.0. The molecule has 0 saturated heterocycles. The molecule has 0 aromatic heterocycles. The summed E-state index contributed by atoms with van der Waals surface area (Å²) < 4.78 is 10.3. The van der Waals surface area contributed by atoms with Gasteiger partial charge in [0.05, 0.1) is 14.2 Å². The van der Waals surface area contributed by atoms with Crippen molar-refractivity contribution in [3.05, 3.63) is 59.7 Å². The summed E-state index contributed by atoms with van der Waals surface area (Å²) in [5.74, 6) is 1.81. The van der Waals surface area contributed by atoms with E-state index in [1.807, 2.05) is 24.3 Å². The van der Waals surface area contributed by atoms with Crippen LogP contribution in [0, 0.1) is 0 Å². The molecule has 126 valence electrons. The second-order valence-electron chi connectivity index (χ2n) is 5.52. The number of ether oxygens (including phenoxy) is 2. The molecule has 0 amide bonds. The Kier molecular flexibility index (Phi) is 8.52. The molecule has 0 saturated carbocycles. The summed E-state index contributed by atoms with van der Waals surface area (Å²) in [7, 11) is 3.38. The molecule has 1 unspecified atom stereocenters. The quantitative estimate of drug-likeness (QED) is 0.782. The second-order valence-corrected chi connectivity index (χ2v) is 5.52. The highest BCUT2D eigenvalue weighted by Crippen LogP contribution is 2.14. The normalized spacial score (nSPS) is 11.4. The predicted molar refractivity (Wildman–Crippen MR) is 97.9 cm³/mol. The van der Waals surface area contributed by atoms with Crippen LogP contribution in [0.4, 0.5) is 0 Å². The molecular weight excluding hydrogens is 310 g/mol. The van der Waals surface area contributed by atoms with Gasteiger partial charge in [0, 0.05) is 12.6 Å². The average Bonchev–Trinajstić information content (AvgIpc) is 2.59. The Morgan fingerprint density at radius 3 is 1.78 bits per heavy atom. The van der Waals surface area contributed by atoms with Gasteiger partial charge in [0.25, 0.3) is 0 Å². The van der Waals surface area contributed by atoms with Crippen LogP contribution in [-0.4, -0.2) is 20.3 Å². The molecule has 0 fully saturated rings. The van der Waals surface area contributed by atoms with E-state index in [0.717, 1.165) is 30.9 Å². The molecule has 0 heterocycles. The molecule has 0 radical (unpaired) electrons. The first-order chi connectivity index (χ1) is 10.7. The van der Waals surface area contributed by atoms with Gasteiger partial charge < -0.3 is 14.8 Å². The van der Waals surface area contributed by atoms with Crippen LogP contribution in [-0.2, 0) is 13.0 Å². The van der Waals surface area contributed by atoms with E-state index in [0.29, 0.717) is 6.04 Å². The fourth-order valence-electron chi connectivity index (χ4n) is 2.31. The van der Waals surface area contributed by atoms with Crippen LogP contribution in [0.5, 0.6) is 11.5 Å². The summed E-state index contributed by atoms with van der Waals surface area (Å²) in [6.45, 7) is 3.11. The van der Waals surface area contributed by atoms with Crippen LogP contribution in [0.25, 0.3) is 0 Å². The van der Waals surface area contributed by atoms with Crippen molar-refractivity contribution in [2.75, 3.05) is 14.2 Å². The van der Waals surface area contributed by atoms with E-state index in [1.54, 1.807) is 14.2 Å². The average molecular weight is 336 g/mol. The van der Waals surface area contributed by atoms with Crippen LogP contribution >= 0.6 is 12.4 Å². The fourth-order valence-corrected chi connectivity index (χ4v) is 2.31. The molecule has 0 aliphatic carbocycles. The Bertz CT molecular complexity index is 503. The topological polar surface area (TPSA) is 30.5 Å². The summed E-state index contributed by atoms with van der Waals surface area (Å²) in [6.07, 6.45) is 2.18. The highest BCUT2D eigenvalue weighted by Gasteiger charge is 2.03. The van der Waals surface area contributed by atoms with Crippen LogP contribution < -0.4 is 14.8 Å². The van der Waals surface area contributed by atoms with E-state index in [-0.39, 0.29) is 12.4 Å². The van der Waals surface area contributed by atoms with Crippen molar-refractivity contribution >= 4 is 12.4 Å². The molecule has 3 nitrogen and oxygen atoms in total. The van der Waals surface area contributed by atoms with E-state index >= 15 is 0 Å². The lowest BCUT2D eigenvalue weighted by molar-refractivity contribution is 0.414. The van der Waals surface area contributed by atoms with Crippen molar-refractivity contribution in [2.24, 2.45) is 0 Å². The van der Waals surface area contributed by atoms with Crippen LogP contribution in [0.3, 0.4) is 0 Å². The van der Waals surface area contributed by atoms with Gasteiger partial charge in [0.2, 0.25) is 0 Å². The Balaban J connectivity index is 0.00000264. The molecule has 0 aliphatic heterocycles. The summed E-state index contributed by atoms with van der Waals surface area (Å²) in [6, 6.07) is 17.0. The minimum Gasteiger partial charge on any atom is -0.497 e. The highest BCUT2D eigenvalue weighted by atomic mass is 35.5. The van der Waals surface area contributed by atoms with Gasteiger partial charge in [-0.3, -0.25) is 0 Å². The van der Waals surface area contributed by atoms with Gasteiger partial charge in [-0.25, -0.2) is 0 Å². The first-order valence-corrected chi connectivity index (χ1v) is 7.70. The SMILES string of the molecule is COc1ccc(CCC(C)NCc2ccc(OC)cc2)cc1.Cl. The molecule has 23 heavy (non-hydrogen) atoms. The summed E-state index contributed by atoms with van der Waals surface area (Å²) >= 11 is 0. The maximum absolute atomic E-state index is 5.18. The number of hydrogen-bond acceptors (Lipinski definition) is 3. The van der Waals surface area contributed by atoms with Crippen LogP contribution in [0.1, 0.15) is 24.5 Å². The molecule has 0 bridgehead atoms. The molecule has 1 N–H and O–H groups in total. The second kappa shape index (κ2) is 10.1. The monoisotopic (exact) mass is 335 g/mol. The van der Waals surface area contributed by atoms with E-state index in [2.05, 4.69) is 36.5 Å². The van der Waals surface area contributed by atoms with Gasteiger partial charge in [-0.1, -0.05) is 24.3 Å². The van der Waals surface area contributed by atoms with Gasteiger partial charge in [-0.05, 0) is 55.2 Å². The number of halogens is 1. The van der Waals surface area contributed by atoms with Crippen LogP contribution in [0.2, 0.25) is 0 Å². The van der Waals surface area contributed by atoms with Gasteiger partial charge >= 0.3 is 0 Å². The molecule has 2 rings (SSSR count). The Labute approximate surface area is 145 Å². The molecular formula is C19H26ClNO2. The number of nitrogens with one attached hydrogen (secondary N) is 1. The third-order valence-electron chi connectivity index (χ3n) is 3.84. The van der Waals surface area contributed by atoms with E-state index in [4.69, 9.17) is 9.47 Å². The third kappa shape index (κ3) is 6.51. The van der Waals surface area contributed by atoms with Gasteiger partial charge in [0.15, 0.2) is 0 Å². The standard InChI is InChI=1S/C19H25NO2.ClH/c1-15(4-5-16-6-10-18(21-2)11-7-16)20-14-17-8-12-19(22-3)13-9-17;/h6-13,15,20H,4-5,14H2,1-3H3;1H. The fraction of sp³-hybridized carbons (Fsp3) is 0.368. The number of aryl methyl sites for hydroxylation is 1. The molecule has 0 aliphatic rings. The third-order valence-corrected chi connectivity index (χ3v) is 3.84. The lowest BCUT2D eigenvalue weighted by Crippen LogP contribution is -2.25. The lowest BCUT2D eigenvalue weighted by Gasteiger charge is -2.14. The van der Waals surface area contributed by atoms with Crippen molar-refractivity contribution in [1.29, 1.82) is 0 Å². The van der Waals surface area contributed by atoms with Crippen molar-refractivity contribution in [3.8, 4) is 11.5 Å². The highest BCUT2D eigenvalue weighted by molar-refractivity contribution is 5.85. The number of methoxy groups -OCH3 is 2. The molecule has 2 aromatic rings. The Hall–Kier alpha value is -1.71. The molecule has 4 heteroatoms. The Morgan fingerprint density at radius 2 is 1.30 bits per heavy atom. The first kappa shape index (κ1) is 19.3. The van der Waals surface area contributed by atoms with Gasteiger partial charge in [0.1, 0.15) is 11.5 Å². The number of benzene rings is 2. The smallest absolute Gasteiger partial charge is 0.118 e. The summed E-state index contributed by atoms with van der Waals surface area (Å²) in [5, 5.41) is 3.56. The largest absolute Gasteiger partial charge is 0.497 e. The van der Waals surface area contributed by atoms with Crippen LogP contribution in [0.15, 0.2) is 48.5 Å². The minimum atomic E-state index is 0.